The van der Waals surface area contributed by atoms with Gasteiger partial charge in [-0.15, -0.1) is 0 Å². The number of nitrogens with zero attached hydrogens (tertiary/aromatic N) is 1. The molecule has 0 aliphatic carbocycles. The van der Waals surface area contributed by atoms with Crippen LogP contribution in [0.1, 0.15) is 22.3 Å². The van der Waals surface area contributed by atoms with E-state index in [1.165, 1.54) is 5.56 Å². The molecule has 0 saturated heterocycles. The molecule has 0 amide bonds. The van der Waals surface area contributed by atoms with Gasteiger partial charge in [0.15, 0.2) is 0 Å². The maximum Gasteiger partial charge on any atom is 0.0810 e. The van der Waals surface area contributed by atoms with E-state index in [9.17, 15) is 5.11 Å². The van der Waals surface area contributed by atoms with Gasteiger partial charge in [-0.05, 0) is 52.3 Å². The molecule has 0 aromatic heterocycles. The lowest BCUT2D eigenvalue weighted by Crippen LogP contribution is -2.30. The Hall–Kier alpha value is -2.28. The first kappa shape index (κ1) is 23.9. The Morgan fingerprint density at radius 2 is 1.30 bits per heavy atom. The van der Waals surface area contributed by atoms with Crippen LogP contribution >= 0.6 is 38.5 Å². The summed E-state index contributed by atoms with van der Waals surface area (Å²) in [4.78, 5) is 5.22. The van der Waals surface area contributed by atoms with Crippen molar-refractivity contribution in [1.29, 1.82) is 0 Å². The quantitative estimate of drug-likeness (QED) is 0.168. The fourth-order valence-electron chi connectivity index (χ4n) is 3.85. The maximum atomic E-state index is 11.4. The van der Waals surface area contributed by atoms with Crippen molar-refractivity contribution in [3.05, 3.63) is 139 Å². The number of aliphatic hydroxyl groups excluding tert-OH is 1. The molecule has 0 heterocycles. The van der Waals surface area contributed by atoms with E-state index in [1.807, 2.05) is 54.6 Å². The van der Waals surface area contributed by atoms with Crippen molar-refractivity contribution >= 4 is 44.2 Å². The number of rotatable bonds is 8. The first-order valence-corrected chi connectivity index (χ1v) is 12.8. The molecule has 33 heavy (non-hydrogen) atoms. The van der Waals surface area contributed by atoms with Gasteiger partial charge in [0.2, 0.25) is 0 Å². The van der Waals surface area contributed by atoms with Crippen LogP contribution in [0.25, 0.3) is 0 Å². The van der Waals surface area contributed by atoms with E-state index in [-0.39, 0.29) is 6.04 Å². The Labute approximate surface area is 217 Å². The lowest BCUT2D eigenvalue weighted by atomic mass is 9.95. The molecule has 0 radical (unpaired) electrons. The van der Waals surface area contributed by atoms with Gasteiger partial charge in [-0.1, -0.05) is 113 Å². The van der Waals surface area contributed by atoms with Gasteiger partial charge in [0.05, 0.1) is 17.9 Å². The Balaban J connectivity index is 1.76. The molecular formula is C29H25BrINO. The van der Waals surface area contributed by atoms with Crippen LogP contribution in [-0.2, 0) is 12.8 Å². The van der Waals surface area contributed by atoms with E-state index < -0.39 is 6.10 Å². The minimum atomic E-state index is -0.616. The van der Waals surface area contributed by atoms with Crippen LogP contribution in [0.2, 0.25) is 0 Å². The Morgan fingerprint density at radius 3 is 1.85 bits per heavy atom. The van der Waals surface area contributed by atoms with Crippen LogP contribution in [0.15, 0.2) is 119 Å². The molecule has 4 rings (SSSR count). The van der Waals surface area contributed by atoms with Gasteiger partial charge in [0.25, 0.3) is 0 Å². The lowest BCUT2D eigenvalue weighted by Gasteiger charge is -2.22. The summed E-state index contributed by atoms with van der Waals surface area (Å²) >= 11 is 5.92. The molecule has 4 aromatic rings. The smallest absolute Gasteiger partial charge is 0.0810 e. The minimum absolute atomic E-state index is 0.296. The molecule has 4 aromatic carbocycles. The third-order valence-electron chi connectivity index (χ3n) is 5.57. The van der Waals surface area contributed by atoms with Gasteiger partial charge in [-0.25, -0.2) is 0 Å². The molecule has 4 heteroatoms. The molecule has 166 valence electrons. The molecule has 2 nitrogen and oxygen atoms in total. The highest BCUT2D eigenvalue weighted by Gasteiger charge is 2.22. The van der Waals surface area contributed by atoms with E-state index in [2.05, 4.69) is 93.1 Å². The van der Waals surface area contributed by atoms with Gasteiger partial charge >= 0.3 is 0 Å². The van der Waals surface area contributed by atoms with Crippen LogP contribution in [0.5, 0.6) is 0 Å². The fourth-order valence-corrected chi connectivity index (χ4v) is 5.37. The van der Waals surface area contributed by atoms with Crippen molar-refractivity contribution in [1.82, 2.24) is 0 Å². The normalized spacial score (nSPS) is 12.7. The zero-order valence-corrected chi connectivity index (χ0v) is 21.9. The highest BCUT2D eigenvalue weighted by Crippen LogP contribution is 2.23. The molecule has 0 saturated carbocycles. The Kier molecular flexibility index (Phi) is 8.48. The first-order valence-electron chi connectivity index (χ1n) is 10.9. The molecule has 0 aliphatic heterocycles. The molecule has 2 unspecified atom stereocenters. The molecule has 0 fully saturated rings. The molecule has 1 N–H and O–H groups in total. The summed E-state index contributed by atoms with van der Waals surface area (Å²) in [6, 6.07) is 36.6. The fraction of sp³-hybridized carbons (Fsp3) is 0.138. The Morgan fingerprint density at radius 1 is 0.758 bits per heavy atom. The van der Waals surface area contributed by atoms with E-state index in [4.69, 9.17) is 4.99 Å². The average Bonchev–Trinajstić information content (AvgIpc) is 2.84. The number of aliphatic imine (C=N–C) groups is 1. The number of aliphatic hydroxyl groups is 1. The summed E-state index contributed by atoms with van der Waals surface area (Å²) in [5.74, 6) is 0. The van der Waals surface area contributed by atoms with Crippen LogP contribution < -0.4 is 0 Å². The molecule has 2 atom stereocenters. The van der Waals surface area contributed by atoms with Crippen LogP contribution in [0, 0.1) is 3.57 Å². The lowest BCUT2D eigenvalue weighted by molar-refractivity contribution is 0.145. The summed E-state index contributed by atoms with van der Waals surface area (Å²) in [6.45, 7) is 0. The average molecular weight is 610 g/mol. The van der Waals surface area contributed by atoms with Crippen molar-refractivity contribution in [2.24, 2.45) is 4.99 Å². The summed E-state index contributed by atoms with van der Waals surface area (Å²) in [5, 5.41) is 11.4. The second-order valence-electron chi connectivity index (χ2n) is 7.97. The highest BCUT2D eigenvalue weighted by atomic mass is 127. The van der Waals surface area contributed by atoms with Gasteiger partial charge in [-0.3, -0.25) is 4.99 Å². The van der Waals surface area contributed by atoms with Gasteiger partial charge in [0, 0.05) is 25.6 Å². The molecule has 0 bridgehead atoms. The predicted molar refractivity (Wildman–Crippen MR) is 149 cm³/mol. The van der Waals surface area contributed by atoms with E-state index in [0.29, 0.717) is 12.8 Å². The standard InChI is InChI=1S/C29H25BrINO/c30-25-17-16-24(26(31)20-25)19-27(28(33)18-21-10-4-1-5-11-21)32-29(22-12-6-2-7-13-22)23-14-8-3-9-15-23/h1-17,20,27-28,33H,18-19H2. The van der Waals surface area contributed by atoms with Crippen molar-refractivity contribution < 1.29 is 5.11 Å². The van der Waals surface area contributed by atoms with Crippen molar-refractivity contribution in [3.8, 4) is 0 Å². The number of hydrogen-bond donors (Lipinski definition) is 1. The number of halogens is 2. The van der Waals surface area contributed by atoms with Gasteiger partial charge in [0.1, 0.15) is 0 Å². The second kappa shape index (κ2) is 11.7. The molecular weight excluding hydrogens is 585 g/mol. The van der Waals surface area contributed by atoms with Crippen LogP contribution in [0.3, 0.4) is 0 Å². The topological polar surface area (TPSA) is 32.6 Å². The van der Waals surface area contributed by atoms with Gasteiger partial charge < -0.3 is 5.11 Å². The zero-order valence-electron chi connectivity index (χ0n) is 18.1. The largest absolute Gasteiger partial charge is 0.391 e. The second-order valence-corrected chi connectivity index (χ2v) is 10.1. The van der Waals surface area contributed by atoms with E-state index in [0.717, 1.165) is 30.4 Å². The van der Waals surface area contributed by atoms with Crippen molar-refractivity contribution in [3.63, 3.8) is 0 Å². The summed E-state index contributed by atoms with van der Waals surface area (Å²) in [5.41, 5.74) is 5.29. The van der Waals surface area contributed by atoms with Crippen LogP contribution in [0.4, 0.5) is 0 Å². The van der Waals surface area contributed by atoms with Crippen LogP contribution in [-0.4, -0.2) is 23.0 Å². The van der Waals surface area contributed by atoms with Crippen molar-refractivity contribution in [2.75, 3.05) is 0 Å². The van der Waals surface area contributed by atoms with Crippen molar-refractivity contribution in [2.45, 2.75) is 25.0 Å². The monoisotopic (exact) mass is 609 g/mol. The molecule has 0 spiro atoms. The zero-order chi connectivity index (χ0) is 23.0. The maximum absolute atomic E-state index is 11.4. The third kappa shape index (κ3) is 6.62. The highest BCUT2D eigenvalue weighted by molar-refractivity contribution is 14.1. The third-order valence-corrected chi connectivity index (χ3v) is 7.06. The number of benzene rings is 4. The molecule has 0 aliphatic rings. The minimum Gasteiger partial charge on any atom is -0.391 e. The van der Waals surface area contributed by atoms with E-state index >= 15 is 0 Å². The summed E-state index contributed by atoms with van der Waals surface area (Å²) in [6.07, 6.45) is 0.594. The van der Waals surface area contributed by atoms with E-state index in [1.54, 1.807) is 0 Å². The SMILES string of the molecule is OC(Cc1ccccc1)C(Cc1ccc(Br)cc1I)N=C(c1ccccc1)c1ccccc1. The number of hydrogen-bond acceptors (Lipinski definition) is 2. The first-order chi connectivity index (χ1) is 16.1. The van der Waals surface area contributed by atoms with Gasteiger partial charge in [-0.2, -0.15) is 0 Å². The Bertz CT molecular complexity index is 1150. The predicted octanol–water partition coefficient (Wildman–Crippen LogP) is 7.11. The summed E-state index contributed by atoms with van der Waals surface area (Å²) < 4.78 is 2.21. The summed E-state index contributed by atoms with van der Waals surface area (Å²) in [7, 11) is 0.